The summed E-state index contributed by atoms with van der Waals surface area (Å²) in [4.78, 5) is 0. The van der Waals surface area contributed by atoms with Gasteiger partial charge in [-0.1, -0.05) is 76.0 Å². The van der Waals surface area contributed by atoms with Crippen molar-refractivity contribution < 1.29 is 0 Å². The van der Waals surface area contributed by atoms with E-state index in [0.29, 0.717) is 0 Å². The van der Waals surface area contributed by atoms with E-state index in [1.165, 1.54) is 102 Å². The van der Waals surface area contributed by atoms with Crippen LogP contribution in [0.4, 0.5) is 0 Å². The van der Waals surface area contributed by atoms with E-state index in [9.17, 15) is 0 Å². The topological polar surface area (TPSA) is 0 Å². The van der Waals surface area contributed by atoms with E-state index >= 15 is 0 Å². The van der Waals surface area contributed by atoms with Gasteiger partial charge in [-0.15, -0.1) is 0 Å². The van der Waals surface area contributed by atoms with Crippen molar-refractivity contribution in [2.75, 3.05) is 0 Å². The number of rotatable bonds is 6. The van der Waals surface area contributed by atoms with Gasteiger partial charge in [0, 0.05) is 5.56 Å². The summed E-state index contributed by atoms with van der Waals surface area (Å²) in [5.41, 5.74) is 2.70. The molecule has 0 unspecified atom stereocenters. The largest absolute Gasteiger partial charge is 0.0730 e. The molecule has 33 heavy (non-hydrogen) atoms. The zero-order chi connectivity index (χ0) is 22.9. The Labute approximate surface area is 205 Å². The minimum Gasteiger partial charge on any atom is -0.0730 e. The third kappa shape index (κ3) is 7.50. The summed E-state index contributed by atoms with van der Waals surface area (Å²) in [7, 11) is 0. The SMILES string of the molecule is CCCC[C@H]1CC[C@H](c2ccc(C#C/C=C/C3CCC([C@H]4CC[C@H](C)CC4)CC3)cc2)CC1. The Bertz CT molecular complexity index is 764. The van der Waals surface area contributed by atoms with Crippen molar-refractivity contribution in [3.8, 4) is 11.8 Å². The predicted octanol–water partition coefficient (Wildman–Crippen LogP) is 9.69. The Morgan fingerprint density at radius 1 is 0.788 bits per heavy atom. The molecule has 3 saturated carbocycles. The lowest BCUT2D eigenvalue weighted by Gasteiger charge is -2.36. The van der Waals surface area contributed by atoms with E-state index in [4.69, 9.17) is 0 Å². The molecule has 1 aromatic carbocycles. The molecule has 0 atom stereocenters. The van der Waals surface area contributed by atoms with E-state index in [0.717, 1.165) is 41.1 Å². The molecule has 0 bridgehead atoms. The summed E-state index contributed by atoms with van der Waals surface area (Å²) >= 11 is 0. The number of benzene rings is 1. The first kappa shape index (κ1) is 24.6. The molecule has 0 saturated heterocycles. The van der Waals surface area contributed by atoms with Gasteiger partial charge in [0.1, 0.15) is 0 Å². The lowest BCUT2D eigenvalue weighted by molar-refractivity contribution is 0.160. The maximum absolute atomic E-state index is 3.37. The average Bonchev–Trinajstić information content (AvgIpc) is 2.87. The van der Waals surface area contributed by atoms with Crippen LogP contribution in [0.5, 0.6) is 0 Å². The van der Waals surface area contributed by atoms with Crippen molar-refractivity contribution in [2.24, 2.45) is 29.6 Å². The van der Waals surface area contributed by atoms with E-state index in [1.807, 2.05) is 0 Å². The van der Waals surface area contributed by atoms with Gasteiger partial charge in [-0.2, -0.15) is 0 Å². The van der Waals surface area contributed by atoms with Gasteiger partial charge in [-0.25, -0.2) is 0 Å². The second-order valence-corrected chi connectivity index (χ2v) is 11.8. The third-order valence-corrected chi connectivity index (χ3v) is 9.41. The number of hydrogen-bond donors (Lipinski definition) is 0. The first-order valence-corrected chi connectivity index (χ1v) is 14.5. The molecule has 0 N–H and O–H groups in total. The van der Waals surface area contributed by atoms with Crippen LogP contribution in [-0.2, 0) is 0 Å². The van der Waals surface area contributed by atoms with Crippen molar-refractivity contribution in [3.63, 3.8) is 0 Å². The van der Waals surface area contributed by atoms with Crippen LogP contribution in [-0.4, -0.2) is 0 Å². The summed E-state index contributed by atoms with van der Waals surface area (Å²) in [5, 5.41) is 0. The normalized spacial score (nSPS) is 32.9. The summed E-state index contributed by atoms with van der Waals surface area (Å²) in [5.74, 6) is 12.2. The lowest BCUT2D eigenvalue weighted by Crippen LogP contribution is -2.24. The standard InChI is InChI=1S/C33H48/c1-3-4-7-27-12-20-32(21-13-27)33-24-16-29(17-25-33)9-6-5-8-28-14-22-31(23-15-28)30-18-10-26(2)11-19-30/h5,8,16-17,24-28,30-32H,3-4,7,10-15,18-23H2,1-2H3/b8-5+/t26-,27-,28?,30-,31?,32-. The van der Waals surface area contributed by atoms with Crippen molar-refractivity contribution in [2.45, 2.75) is 116 Å². The second-order valence-electron chi connectivity index (χ2n) is 11.8. The summed E-state index contributed by atoms with van der Waals surface area (Å²) < 4.78 is 0. The maximum atomic E-state index is 3.37. The van der Waals surface area contributed by atoms with Crippen LogP contribution in [0.2, 0.25) is 0 Å². The molecule has 180 valence electrons. The van der Waals surface area contributed by atoms with Crippen LogP contribution in [0.1, 0.15) is 127 Å². The van der Waals surface area contributed by atoms with Crippen LogP contribution in [0.3, 0.4) is 0 Å². The van der Waals surface area contributed by atoms with Crippen molar-refractivity contribution in [1.29, 1.82) is 0 Å². The molecular formula is C33H48. The zero-order valence-electron chi connectivity index (χ0n) is 21.5. The molecule has 0 aromatic heterocycles. The highest BCUT2D eigenvalue weighted by Gasteiger charge is 2.29. The molecule has 3 aliphatic rings. The molecular weight excluding hydrogens is 396 g/mol. The van der Waals surface area contributed by atoms with E-state index in [1.54, 1.807) is 0 Å². The van der Waals surface area contributed by atoms with Crippen LogP contribution in [0.25, 0.3) is 0 Å². The zero-order valence-corrected chi connectivity index (χ0v) is 21.5. The summed E-state index contributed by atoms with van der Waals surface area (Å²) in [6.07, 6.45) is 26.0. The van der Waals surface area contributed by atoms with Crippen molar-refractivity contribution in [1.82, 2.24) is 0 Å². The average molecular weight is 445 g/mol. The Morgan fingerprint density at radius 2 is 1.42 bits per heavy atom. The number of allylic oxidation sites excluding steroid dienone is 2. The van der Waals surface area contributed by atoms with E-state index in [-0.39, 0.29) is 0 Å². The van der Waals surface area contributed by atoms with Crippen molar-refractivity contribution >= 4 is 0 Å². The van der Waals surface area contributed by atoms with E-state index in [2.05, 4.69) is 62.1 Å². The van der Waals surface area contributed by atoms with Gasteiger partial charge < -0.3 is 0 Å². The first-order valence-electron chi connectivity index (χ1n) is 14.5. The highest BCUT2D eigenvalue weighted by Crippen LogP contribution is 2.41. The first-order chi connectivity index (χ1) is 16.2. The Hall–Kier alpha value is -1.48. The minimum absolute atomic E-state index is 0.757. The highest BCUT2D eigenvalue weighted by atomic mass is 14.3. The quantitative estimate of drug-likeness (QED) is 0.383. The molecule has 4 rings (SSSR count). The predicted molar refractivity (Wildman–Crippen MR) is 143 cm³/mol. The Morgan fingerprint density at radius 3 is 2.06 bits per heavy atom. The van der Waals surface area contributed by atoms with Gasteiger partial charge in [0.15, 0.2) is 0 Å². The van der Waals surface area contributed by atoms with Gasteiger partial charge in [-0.05, 0) is 123 Å². The third-order valence-electron chi connectivity index (χ3n) is 9.41. The molecule has 0 heterocycles. The molecule has 0 nitrogen and oxygen atoms in total. The minimum atomic E-state index is 0.757. The molecule has 0 radical (unpaired) electrons. The molecule has 3 aliphatic carbocycles. The number of hydrogen-bond acceptors (Lipinski definition) is 0. The van der Waals surface area contributed by atoms with Gasteiger partial charge in [-0.3, -0.25) is 0 Å². The van der Waals surface area contributed by atoms with Crippen LogP contribution < -0.4 is 0 Å². The fourth-order valence-electron chi connectivity index (χ4n) is 6.99. The maximum Gasteiger partial charge on any atom is 0.0249 e. The fraction of sp³-hybridized carbons (Fsp3) is 0.697. The molecule has 1 aromatic rings. The van der Waals surface area contributed by atoms with Gasteiger partial charge in [0.2, 0.25) is 0 Å². The Kier molecular flexibility index (Phi) is 9.58. The fourth-order valence-corrected chi connectivity index (χ4v) is 6.99. The molecule has 0 aliphatic heterocycles. The smallest absolute Gasteiger partial charge is 0.0249 e. The van der Waals surface area contributed by atoms with Crippen molar-refractivity contribution in [3.05, 3.63) is 47.5 Å². The van der Waals surface area contributed by atoms with Gasteiger partial charge in [0.05, 0.1) is 0 Å². The molecule has 0 heteroatoms. The van der Waals surface area contributed by atoms with Crippen LogP contribution in [0.15, 0.2) is 36.4 Å². The highest BCUT2D eigenvalue weighted by molar-refractivity contribution is 5.39. The van der Waals surface area contributed by atoms with Crippen LogP contribution >= 0.6 is 0 Å². The molecule has 3 fully saturated rings. The molecule has 0 amide bonds. The second kappa shape index (κ2) is 12.8. The van der Waals surface area contributed by atoms with Gasteiger partial charge in [0.25, 0.3) is 0 Å². The monoisotopic (exact) mass is 444 g/mol. The van der Waals surface area contributed by atoms with E-state index < -0.39 is 0 Å². The summed E-state index contributed by atoms with van der Waals surface area (Å²) in [6.45, 7) is 4.75. The lowest BCUT2D eigenvalue weighted by atomic mass is 9.69. The van der Waals surface area contributed by atoms with Crippen LogP contribution in [0, 0.1) is 41.4 Å². The van der Waals surface area contributed by atoms with Gasteiger partial charge >= 0.3 is 0 Å². The number of unbranched alkanes of at least 4 members (excludes halogenated alkanes) is 1. The Balaban J connectivity index is 1.18. The summed E-state index contributed by atoms with van der Waals surface area (Å²) in [6, 6.07) is 9.18. The molecule has 0 spiro atoms.